The lowest BCUT2D eigenvalue weighted by atomic mass is 9.95. The van der Waals surface area contributed by atoms with Crippen molar-refractivity contribution < 1.29 is 18.0 Å². The van der Waals surface area contributed by atoms with Crippen molar-refractivity contribution in [1.82, 2.24) is 10.2 Å². The molecule has 0 unspecified atom stereocenters. The number of nitrogens with zero attached hydrogens (tertiary/aromatic N) is 2. The van der Waals surface area contributed by atoms with Gasteiger partial charge in [0.1, 0.15) is 6.04 Å². The second-order valence-electron chi connectivity index (χ2n) is 9.90. The molecule has 9 heteroatoms. The van der Waals surface area contributed by atoms with Gasteiger partial charge in [-0.05, 0) is 62.4 Å². The van der Waals surface area contributed by atoms with Crippen LogP contribution in [0.25, 0.3) is 0 Å². The molecule has 1 fully saturated rings. The fraction of sp³-hybridized carbons (Fsp3) is 0.500. The number of anilines is 1. The topological polar surface area (TPSA) is 86.8 Å². The van der Waals surface area contributed by atoms with E-state index in [9.17, 15) is 18.0 Å². The predicted octanol–water partition coefficient (Wildman–Crippen LogP) is 5.17. The number of carbonyl (C=O) groups excluding carboxylic acids is 2. The predicted molar refractivity (Wildman–Crippen MR) is 152 cm³/mol. The van der Waals surface area contributed by atoms with E-state index >= 15 is 0 Å². The Morgan fingerprint density at radius 2 is 1.78 bits per heavy atom. The van der Waals surface area contributed by atoms with Crippen LogP contribution in [-0.2, 0) is 26.2 Å². The fourth-order valence-electron chi connectivity index (χ4n) is 4.81. The summed E-state index contributed by atoms with van der Waals surface area (Å²) in [5, 5.41) is 3.14. The molecule has 0 heterocycles. The molecule has 0 radical (unpaired) electrons. The lowest BCUT2D eigenvalue weighted by Gasteiger charge is -2.31. The van der Waals surface area contributed by atoms with Crippen LogP contribution in [0.1, 0.15) is 63.0 Å². The molecule has 1 aliphatic carbocycles. The summed E-state index contributed by atoms with van der Waals surface area (Å²) in [7, 11) is -3.52. The number of nitrogens with one attached hydrogen (secondary N) is 1. The summed E-state index contributed by atoms with van der Waals surface area (Å²) in [6, 6.07) is 14.5. The van der Waals surface area contributed by atoms with Crippen LogP contribution in [0, 0.1) is 6.92 Å². The molecule has 2 aromatic rings. The molecule has 0 saturated heterocycles. The molecular formula is C28H38BrN3O4S. The molecule has 202 valence electrons. The number of carbonyl (C=O) groups is 2. The van der Waals surface area contributed by atoms with Crippen LogP contribution in [0.4, 0.5) is 5.69 Å². The highest BCUT2D eigenvalue weighted by atomic mass is 79.9. The first-order valence-electron chi connectivity index (χ1n) is 12.9. The number of hydrogen-bond acceptors (Lipinski definition) is 4. The number of aryl methyl sites for hydroxylation is 1. The fourth-order valence-corrected chi connectivity index (χ4v) is 6.28. The second kappa shape index (κ2) is 13.4. The monoisotopic (exact) mass is 591 g/mol. The summed E-state index contributed by atoms with van der Waals surface area (Å²) in [5.74, 6) is -0.322. The van der Waals surface area contributed by atoms with Crippen molar-refractivity contribution in [2.75, 3.05) is 17.1 Å². The summed E-state index contributed by atoms with van der Waals surface area (Å²) in [6.45, 7) is 4.11. The summed E-state index contributed by atoms with van der Waals surface area (Å²) in [4.78, 5) is 28.2. The van der Waals surface area contributed by atoms with Crippen molar-refractivity contribution in [2.45, 2.75) is 77.4 Å². The maximum Gasteiger partial charge on any atom is 0.242 e. The van der Waals surface area contributed by atoms with E-state index in [0.717, 1.165) is 41.3 Å². The van der Waals surface area contributed by atoms with Crippen LogP contribution < -0.4 is 9.62 Å². The van der Waals surface area contributed by atoms with Crippen molar-refractivity contribution in [3.63, 3.8) is 0 Å². The number of para-hydroxylation sites is 1. The molecule has 1 atom stereocenters. The summed E-state index contributed by atoms with van der Waals surface area (Å²) >= 11 is 3.48. The Kier molecular flexibility index (Phi) is 10.6. The third kappa shape index (κ3) is 8.57. The minimum Gasteiger partial charge on any atom is -0.352 e. The summed E-state index contributed by atoms with van der Waals surface area (Å²) < 4.78 is 27.3. The summed E-state index contributed by atoms with van der Waals surface area (Å²) in [5.41, 5.74) is 2.38. The second-order valence-corrected chi connectivity index (χ2v) is 12.7. The van der Waals surface area contributed by atoms with Crippen molar-refractivity contribution in [1.29, 1.82) is 0 Å². The van der Waals surface area contributed by atoms with Gasteiger partial charge in [-0.3, -0.25) is 13.9 Å². The molecule has 2 aromatic carbocycles. The van der Waals surface area contributed by atoms with Crippen LogP contribution >= 0.6 is 15.9 Å². The van der Waals surface area contributed by atoms with Crippen molar-refractivity contribution in [3.8, 4) is 0 Å². The smallest absolute Gasteiger partial charge is 0.242 e. The normalized spacial score (nSPS) is 15.1. The zero-order chi connectivity index (χ0) is 27.0. The van der Waals surface area contributed by atoms with Gasteiger partial charge in [-0.25, -0.2) is 8.42 Å². The first kappa shape index (κ1) is 29.2. The molecule has 0 aromatic heterocycles. The zero-order valence-corrected chi connectivity index (χ0v) is 24.4. The van der Waals surface area contributed by atoms with Gasteiger partial charge in [-0.1, -0.05) is 65.5 Å². The van der Waals surface area contributed by atoms with Gasteiger partial charge in [0.05, 0.1) is 11.9 Å². The third-order valence-electron chi connectivity index (χ3n) is 6.90. The Hall–Kier alpha value is -2.39. The van der Waals surface area contributed by atoms with Gasteiger partial charge in [-0.15, -0.1) is 0 Å². The Morgan fingerprint density at radius 3 is 2.43 bits per heavy atom. The van der Waals surface area contributed by atoms with Gasteiger partial charge in [0.25, 0.3) is 0 Å². The van der Waals surface area contributed by atoms with Crippen molar-refractivity contribution >= 4 is 43.5 Å². The average molecular weight is 593 g/mol. The molecule has 0 bridgehead atoms. The van der Waals surface area contributed by atoms with Crippen LogP contribution in [0.15, 0.2) is 53.0 Å². The minimum atomic E-state index is -3.52. The van der Waals surface area contributed by atoms with E-state index in [4.69, 9.17) is 0 Å². The van der Waals surface area contributed by atoms with Crippen molar-refractivity contribution in [3.05, 3.63) is 64.1 Å². The number of rotatable bonds is 11. The van der Waals surface area contributed by atoms with E-state index in [1.54, 1.807) is 24.0 Å². The third-order valence-corrected chi connectivity index (χ3v) is 8.57. The van der Waals surface area contributed by atoms with Gasteiger partial charge in [-0.2, -0.15) is 0 Å². The van der Waals surface area contributed by atoms with Gasteiger partial charge in [0, 0.05) is 30.0 Å². The molecule has 37 heavy (non-hydrogen) atoms. The van der Waals surface area contributed by atoms with Gasteiger partial charge in [0.15, 0.2) is 0 Å². The van der Waals surface area contributed by atoms with E-state index in [-0.39, 0.29) is 30.8 Å². The van der Waals surface area contributed by atoms with Crippen LogP contribution in [0.3, 0.4) is 0 Å². The van der Waals surface area contributed by atoms with Crippen LogP contribution in [0.2, 0.25) is 0 Å². The molecule has 1 aliphatic rings. The van der Waals surface area contributed by atoms with Crippen LogP contribution in [-0.4, -0.2) is 50.0 Å². The molecule has 3 rings (SSSR count). The molecule has 0 spiro atoms. The quantitative estimate of drug-likeness (QED) is 0.390. The minimum absolute atomic E-state index is 0.132. The Labute approximate surface area is 229 Å². The van der Waals surface area contributed by atoms with E-state index in [2.05, 4.69) is 21.2 Å². The average Bonchev–Trinajstić information content (AvgIpc) is 2.85. The highest BCUT2D eigenvalue weighted by Crippen LogP contribution is 2.23. The van der Waals surface area contributed by atoms with E-state index < -0.39 is 16.1 Å². The Balaban J connectivity index is 1.72. The van der Waals surface area contributed by atoms with Gasteiger partial charge in [0.2, 0.25) is 21.8 Å². The lowest BCUT2D eigenvalue weighted by Crippen LogP contribution is -2.50. The Bertz CT molecular complexity index is 1180. The SMILES string of the molecule is Cc1ccccc1N(CCCC(=O)N(Cc1cccc(Br)c1)[C@@H](C)C(=O)NC1CCCCC1)S(C)(=O)=O. The molecule has 1 N–H and O–H groups in total. The lowest BCUT2D eigenvalue weighted by molar-refractivity contribution is -0.141. The highest BCUT2D eigenvalue weighted by Gasteiger charge is 2.28. The maximum atomic E-state index is 13.5. The molecule has 2 amide bonds. The Morgan fingerprint density at radius 1 is 1.08 bits per heavy atom. The van der Waals surface area contributed by atoms with E-state index in [0.29, 0.717) is 18.7 Å². The molecular weight excluding hydrogens is 554 g/mol. The number of amides is 2. The van der Waals surface area contributed by atoms with E-state index in [1.807, 2.05) is 43.3 Å². The number of halogens is 1. The number of hydrogen-bond donors (Lipinski definition) is 1. The van der Waals surface area contributed by atoms with Crippen molar-refractivity contribution in [2.24, 2.45) is 0 Å². The van der Waals surface area contributed by atoms with Gasteiger partial charge >= 0.3 is 0 Å². The number of sulfonamides is 1. The molecule has 7 nitrogen and oxygen atoms in total. The first-order valence-corrected chi connectivity index (χ1v) is 15.6. The van der Waals surface area contributed by atoms with E-state index in [1.165, 1.54) is 17.0 Å². The largest absolute Gasteiger partial charge is 0.352 e. The first-order chi connectivity index (χ1) is 17.6. The summed E-state index contributed by atoms with van der Waals surface area (Å²) in [6.07, 6.45) is 7.01. The van der Waals surface area contributed by atoms with Gasteiger partial charge < -0.3 is 10.2 Å². The highest BCUT2D eigenvalue weighted by molar-refractivity contribution is 9.10. The zero-order valence-electron chi connectivity index (χ0n) is 22.0. The van der Waals surface area contributed by atoms with Crippen LogP contribution in [0.5, 0.6) is 0 Å². The molecule has 1 saturated carbocycles. The molecule has 0 aliphatic heterocycles. The standard InChI is InChI=1S/C28H38BrN3O4S/c1-21-11-7-8-16-26(21)32(37(3,35)36)18-10-17-27(33)31(20-23-12-9-13-24(29)19-23)22(2)28(34)30-25-14-5-4-6-15-25/h7-9,11-13,16,19,22,25H,4-6,10,14-15,17-18,20H2,1-3H3,(H,30,34)/t22-/m0/s1. The number of benzene rings is 2. The maximum absolute atomic E-state index is 13.5.